The quantitative estimate of drug-likeness (QED) is 0.845. The van der Waals surface area contributed by atoms with E-state index in [1.165, 1.54) is 4.90 Å². The third kappa shape index (κ3) is 5.57. The largest absolute Gasteiger partial charge is 0.401 e. The maximum absolute atomic E-state index is 12.5. The van der Waals surface area contributed by atoms with Crippen LogP contribution in [0, 0.1) is 0 Å². The molecule has 0 radical (unpaired) electrons. The van der Waals surface area contributed by atoms with Crippen molar-refractivity contribution in [3.8, 4) is 0 Å². The van der Waals surface area contributed by atoms with Crippen LogP contribution in [0.2, 0.25) is 0 Å². The van der Waals surface area contributed by atoms with Crippen molar-refractivity contribution in [3.63, 3.8) is 0 Å². The number of hydrogen-bond acceptors (Lipinski definition) is 2. The molecule has 0 fully saturated rings. The van der Waals surface area contributed by atoms with Crippen molar-refractivity contribution in [1.29, 1.82) is 0 Å². The topological polar surface area (TPSA) is 29.3 Å². The summed E-state index contributed by atoms with van der Waals surface area (Å²) >= 11 is 4.86. The minimum absolute atomic E-state index is 0.199. The Labute approximate surface area is 116 Å². The summed E-state index contributed by atoms with van der Waals surface area (Å²) in [5, 5.41) is 0. The second-order valence-corrected chi connectivity index (χ2v) is 5.12. The lowest BCUT2D eigenvalue weighted by molar-refractivity contribution is -0.150. The SMILES string of the molecule is CC(C)N(Cc1cccc(C(N)=S)c1)CC(F)(F)F. The highest BCUT2D eigenvalue weighted by molar-refractivity contribution is 7.80. The molecule has 0 atom stereocenters. The fourth-order valence-corrected chi connectivity index (χ4v) is 1.84. The molecule has 0 aliphatic rings. The predicted molar refractivity (Wildman–Crippen MR) is 73.9 cm³/mol. The second kappa shape index (κ2) is 6.34. The first-order chi connectivity index (χ1) is 8.69. The Morgan fingerprint density at radius 1 is 1.37 bits per heavy atom. The maximum atomic E-state index is 12.5. The molecule has 1 rings (SSSR count). The van der Waals surface area contributed by atoms with Crippen LogP contribution in [-0.2, 0) is 6.54 Å². The summed E-state index contributed by atoms with van der Waals surface area (Å²) in [5.41, 5.74) is 6.95. The fraction of sp³-hybridized carbons (Fsp3) is 0.462. The van der Waals surface area contributed by atoms with Gasteiger partial charge in [0, 0.05) is 18.2 Å². The monoisotopic (exact) mass is 290 g/mol. The van der Waals surface area contributed by atoms with Crippen molar-refractivity contribution in [2.24, 2.45) is 5.73 Å². The highest BCUT2D eigenvalue weighted by atomic mass is 32.1. The number of halogens is 3. The van der Waals surface area contributed by atoms with Crippen LogP contribution in [0.5, 0.6) is 0 Å². The Kier molecular flexibility index (Phi) is 5.31. The summed E-state index contributed by atoms with van der Waals surface area (Å²) in [7, 11) is 0. The first-order valence-corrected chi connectivity index (χ1v) is 6.29. The smallest absolute Gasteiger partial charge is 0.389 e. The molecular weight excluding hydrogens is 273 g/mol. The molecule has 0 aliphatic carbocycles. The van der Waals surface area contributed by atoms with Crippen molar-refractivity contribution >= 4 is 17.2 Å². The Balaban J connectivity index is 2.85. The molecule has 0 saturated heterocycles. The minimum Gasteiger partial charge on any atom is -0.389 e. The highest BCUT2D eigenvalue weighted by Crippen LogP contribution is 2.20. The molecule has 0 aromatic heterocycles. The zero-order valence-corrected chi connectivity index (χ0v) is 11.7. The van der Waals surface area contributed by atoms with Gasteiger partial charge in [0.2, 0.25) is 0 Å². The number of thiocarbonyl (C=S) groups is 1. The Bertz CT molecular complexity index is 444. The standard InChI is InChI=1S/C13H17F3N2S/c1-9(2)18(8-13(14,15)16)7-10-4-3-5-11(6-10)12(17)19/h3-6,9H,7-8H2,1-2H3,(H2,17,19). The van der Waals surface area contributed by atoms with E-state index in [1.54, 1.807) is 38.1 Å². The average molecular weight is 290 g/mol. The molecule has 0 bridgehead atoms. The minimum atomic E-state index is -4.20. The van der Waals surface area contributed by atoms with Gasteiger partial charge in [-0.05, 0) is 25.5 Å². The van der Waals surface area contributed by atoms with Gasteiger partial charge in [-0.25, -0.2) is 0 Å². The molecule has 0 saturated carbocycles. The van der Waals surface area contributed by atoms with Crippen LogP contribution in [0.15, 0.2) is 24.3 Å². The van der Waals surface area contributed by atoms with Gasteiger partial charge < -0.3 is 5.73 Å². The van der Waals surface area contributed by atoms with Crippen molar-refractivity contribution in [2.75, 3.05) is 6.54 Å². The molecule has 0 unspecified atom stereocenters. The summed E-state index contributed by atoms with van der Waals surface area (Å²) < 4.78 is 37.5. The number of benzene rings is 1. The molecule has 1 aromatic rings. The molecule has 106 valence electrons. The van der Waals surface area contributed by atoms with E-state index in [0.29, 0.717) is 5.56 Å². The molecule has 0 heterocycles. The Morgan fingerprint density at radius 2 is 2.00 bits per heavy atom. The summed E-state index contributed by atoms with van der Waals surface area (Å²) in [6.45, 7) is 2.77. The van der Waals surface area contributed by atoms with E-state index < -0.39 is 12.7 Å². The van der Waals surface area contributed by atoms with Crippen molar-refractivity contribution in [2.45, 2.75) is 32.6 Å². The molecule has 0 aliphatic heterocycles. The molecule has 6 heteroatoms. The number of alkyl halides is 3. The van der Waals surface area contributed by atoms with E-state index in [1.807, 2.05) is 0 Å². The van der Waals surface area contributed by atoms with Crippen LogP contribution in [0.25, 0.3) is 0 Å². The van der Waals surface area contributed by atoms with Gasteiger partial charge in [0.25, 0.3) is 0 Å². The lowest BCUT2D eigenvalue weighted by atomic mass is 10.1. The third-order valence-corrected chi connectivity index (χ3v) is 2.95. The normalized spacial score (nSPS) is 12.2. The van der Waals surface area contributed by atoms with Gasteiger partial charge in [-0.1, -0.05) is 30.4 Å². The van der Waals surface area contributed by atoms with Gasteiger partial charge in [0.1, 0.15) is 4.99 Å². The molecular formula is C13H17F3N2S. The first-order valence-electron chi connectivity index (χ1n) is 5.88. The van der Waals surface area contributed by atoms with Crippen molar-refractivity contribution in [1.82, 2.24) is 4.90 Å². The molecule has 0 spiro atoms. The average Bonchev–Trinajstić information content (AvgIpc) is 2.26. The van der Waals surface area contributed by atoms with Gasteiger partial charge in [-0.2, -0.15) is 13.2 Å². The van der Waals surface area contributed by atoms with Gasteiger partial charge >= 0.3 is 6.18 Å². The molecule has 2 nitrogen and oxygen atoms in total. The van der Waals surface area contributed by atoms with E-state index in [4.69, 9.17) is 18.0 Å². The number of rotatable bonds is 5. The molecule has 1 aromatic carbocycles. The first kappa shape index (κ1) is 15.9. The summed E-state index contributed by atoms with van der Waals surface area (Å²) in [6, 6.07) is 6.79. The number of hydrogen-bond donors (Lipinski definition) is 1. The molecule has 0 amide bonds. The zero-order chi connectivity index (χ0) is 14.6. The van der Waals surface area contributed by atoms with Crippen LogP contribution in [0.3, 0.4) is 0 Å². The van der Waals surface area contributed by atoms with E-state index >= 15 is 0 Å². The lowest BCUT2D eigenvalue weighted by Crippen LogP contribution is -2.38. The van der Waals surface area contributed by atoms with Gasteiger partial charge in [0.05, 0.1) is 6.54 Å². The van der Waals surface area contributed by atoms with Crippen LogP contribution >= 0.6 is 12.2 Å². The highest BCUT2D eigenvalue weighted by Gasteiger charge is 2.31. The Hall–Kier alpha value is -1.14. The number of nitrogens with two attached hydrogens (primary N) is 1. The van der Waals surface area contributed by atoms with Gasteiger partial charge in [-0.3, -0.25) is 4.90 Å². The van der Waals surface area contributed by atoms with Crippen LogP contribution in [0.4, 0.5) is 13.2 Å². The van der Waals surface area contributed by atoms with Crippen LogP contribution in [0.1, 0.15) is 25.0 Å². The van der Waals surface area contributed by atoms with Crippen molar-refractivity contribution < 1.29 is 13.2 Å². The Morgan fingerprint density at radius 3 is 2.47 bits per heavy atom. The second-order valence-electron chi connectivity index (χ2n) is 4.68. The van der Waals surface area contributed by atoms with E-state index in [0.717, 1.165) is 5.56 Å². The molecule has 2 N–H and O–H groups in total. The zero-order valence-electron chi connectivity index (χ0n) is 10.9. The van der Waals surface area contributed by atoms with Gasteiger partial charge in [-0.15, -0.1) is 0 Å². The maximum Gasteiger partial charge on any atom is 0.401 e. The number of nitrogens with zero attached hydrogens (tertiary/aromatic N) is 1. The molecule has 19 heavy (non-hydrogen) atoms. The third-order valence-electron chi connectivity index (χ3n) is 2.71. The van der Waals surface area contributed by atoms with Gasteiger partial charge in [0.15, 0.2) is 0 Å². The summed E-state index contributed by atoms with van der Waals surface area (Å²) in [5.74, 6) is 0. The van der Waals surface area contributed by atoms with Crippen LogP contribution in [-0.4, -0.2) is 28.7 Å². The summed E-state index contributed by atoms with van der Waals surface area (Å²) in [6.07, 6.45) is -4.20. The fourth-order valence-electron chi connectivity index (χ4n) is 1.71. The van der Waals surface area contributed by atoms with E-state index in [-0.39, 0.29) is 17.6 Å². The van der Waals surface area contributed by atoms with E-state index in [2.05, 4.69) is 0 Å². The lowest BCUT2D eigenvalue weighted by Gasteiger charge is -2.27. The van der Waals surface area contributed by atoms with E-state index in [9.17, 15) is 13.2 Å². The predicted octanol–water partition coefficient (Wildman–Crippen LogP) is 3.09. The van der Waals surface area contributed by atoms with Crippen molar-refractivity contribution in [3.05, 3.63) is 35.4 Å². The van der Waals surface area contributed by atoms with Crippen LogP contribution < -0.4 is 5.73 Å². The summed E-state index contributed by atoms with van der Waals surface area (Å²) in [4.78, 5) is 1.60.